The zero-order valence-electron chi connectivity index (χ0n) is 9.41. The number of aliphatic hydroxyl groups is 2. The fourth-order valence-electron chi connectivity index (χ4n) is 1.61. The van der Waals surface area contributed by atoms with Crippen LogP contribution in [0.25, 0.3) is 0 Å². The molecule has 0 radical (unpaired) electrons. The third-order valence-electron chi connectivity index (χ3n) is 2.34. The van der Waals surface area contributed by atoms with E-state index in [1.807, 2.05) is 0 Å². The van der Waals surface area contributed by atoms with Crippen molar-refractivity contribution in [1.29, 1.82) is 0 Å². The van der Waals surface area contributed by atoms with Crippen molar-refractivity contribution in [1.82, 2.24) is 0 Å². The van der Waals surface area contributed by atoms with Gasteiger partial charge < -0.3 is 15.1 Å². The van der Waals surface area contributed by atoms with Gasteiger partial charge in [-0.1, -0.05) is 15.9 Å². The first-order valence-electron chi connectivity index (χ1n) is 5.23. The van der Waals surface area contributed by atoms with Gasteiger partial charge in [-0.25, -0.2) is 0 Å². The molecule has 0 aliphatic heterocycles. The molecule has 0 unspecified atom stereocenters. The van der Waals surface area contributed by atoms with Crippen LogP contribution in [0.3, 0.4) is 0 Å². The van der Waals surface area contributed by atoms with Crippen LogP contribution in [0.5, 0.6) is 0 Å². The van der Waals surface area contributed by atoms with Gasteiger partial charge >= 0.3 is 6.18 Å². The van der Waals surface area contributed by atoms with E-state index in [2.05, 4.69) is 15.9 Å². The molecule has 0 heterocycles. The molecule has 0 saturated heterocycles. The van der Waals surface area contributed by atoms with Crippen molar-refractivity contribution >= 4 is 21.6 Å². The molecule has 1 rings (SSSR count). The monoisotopic (exact) mass is 327 g/mol. The summed E-state index contributed by atoms with van der Waals surface area (Å²) in [5.41, 5.74) is -0.840. The molecule has 1 aromatic carbocycles. The minimum absolute atomic E-state index is 0.0330. The van der Waals surface area contributed by atoms with Crippen molar-refractivity contribution < 1.29 is 23.4 Å². The molecule has 1 aromatic rings. The van der Waals surface area contributed by atoms with Gasteiger partial charge in [-0.05, 0) is 18.2 Å². The normalized spacial score (nSPS) is 11.7. The first-order chi connectivity index (χ1) is 8.40. The summed E-state index contributed by atoms with van der Waals surface area (Å²) < 4.78 is 39.0. The quantitative estimate of drug-likeness (QED) is 0.871. The number of hydrogen-bond donors (Lipinski definition) is 2. The van der Waals surface area contributed by atoms with Crippen molar-refractivity contribution in [2.75, 3.05) is 31.2 Å². The Kier molecular flexibility index (Phi) is 5.43. The first-order valence-corrected chi connectivity index (χ1v) is 6.03. The van der Waals surface area contributed by atoms with Crippen molar-refractivity contribution in [3.8, 4) is 0 Å². The topological polar surface area (TPSA) is 43.7 Å². The van der Waals surface area contributed by atoms with Crippen molar-refractivity contribution in [3.63, 3.8) is 0 Å². The second-order valence-electron chi connectivity index (χ2n) is 3.59. The van der Waals surface area contributed by atoms with Crippen LogP contribution in [-0.2, 0) is 6.18 Å². The van der Waals surface area contributed by atoms with Gasteiger partial charge in [-0.3, -0.25) is 0 Å². The molecular weight excluding hydrogens is 315 g/mol. The van der Waals surface area contributed by atoms with Gasteiger partial charge in [0.1, 0.15) is 0 Å². The van der Waals surface area contributed by atoms with Crippen molar-refractivity contribution in [2.24, 2.45) is 0 Å². The molecule has 2 N–H and O–H groups in total. The molecule has 0 atom stereocenters. The number of rotatable bonds is 5. The first kappa shape index (κ1) is 15.3. The molecule has 0 amide bonds. The smallest absolute Gasteiger partial charge is 0.395 e. The fraction of sp³-hybridized carbons (Fsp3) is 0.455. The Labute approximate surface area is 111 Å². The van der Waals surface area contributed by atoms with E-state index in [1.54, 1.807) is 0 Å². The molecule has 18 heavy (non-hydrogen) atoms. The Bertz CT molecular complexity index is 392. The molecule has 0 aliphatic carbocycles. The lowest BCUT2D eigenvalue weighted by atomic mass is 10.1. The molecule has 0 aliphatic rings. The summed E-state index contributed by atoms with van der Waals surface area (Å²) in [4.78, 5) is 1.30. The van der Waals surface area contributed by atoms with Gasteiger partial charge in [0.25, 0.3) is 0 Å². The van der Waals surface area contributed by atoms with Crippen molar-refractivity contribution in [3.05, 3.63) is 28.2 Å². The van der Waals surface area contributed by atoms with E-state index in [4.69, 9.17) is 10.2 Å². The molecular formula is C11H13BrF3NO2. The van der Waals surface area contributed by atoms with E-state index in [1.165, 1.54) is 17.0 Å². The number of benzene rings is 1. The number of aliphatic hydroxyl groups excluding tert-OH is 2. The van der Waals surface area contributed by atoms with Gasteiger partial charge in [0.15, 0.2) is 0 Å². The molecule has 0 saturated carbocycles. The van der Waals surface area contributed by atoms with Gasteiger partial charge in [0, 0.05) is 23.2 Å². The van der Waals surface area contributed by atoms with E-state index in [0.29, 0.717) is 4.47 Å². The number of anilines is 1. The summed E-state index contributed by atoms with van der Waals surface area (Å²) in [6.45, 7) is -0.503. The maximum atomic E-state index is 12.9. The third-order valence-corrected chi connectivity index (χ3v) is 2.84. The van der Waals surface area contributed by atoms with Gasteiger partial charge in [-0.15, -0.1) is 0 Å². The van der Waals surface area contributed by atoms with Gasteiger partial charge in [0.2, 0.25) is 0 Å². The highest BCUT2D eigenvalue weighted by molar-refractivity contribution is 9.10. The predicted molar refractivity (Wildman–Crippen MR) is 65.5 cm³/mol. The minimum atomic E-state index is -4.48. The minimum Gasteiger partial charge on any atom is -0.395 e. The summed E-state index contributed by atoms with van der Waals surface area (Å²) in [7, 11) is 0. The second-order valence-corrected chi connectivity index (χ2v) is 4.51. The summed E-state index contributed by atoms with van der Waals surface area (Å²) in [6.07, 6.45) is -4.48. The Hall–Kier alpha value is -0.790. The number of halogens is 4. The highest BCUT2D eigenvalue weighted by Gasteiger charge is 2.35. The van der Waals surface area contributed by atoms with Crippen LogP contribution in [0.1, 0.15) is 5.56 Å². The molecule has 0 bridgehead atoms. The zero-order chi connectivity index (χ0) is 13.8. The van der Waals surface area contributed by atoms with Crippen LogP contribution in [0.15, 0.2) is 22.7 Å². The number of alkyl halides is 3. The van der Waals surface area contributed by atoms with Gasteiger partial charge in [-0.2, -0.15) is 13.2 Å². The lowest BCUT2D eigenvalue weighted by molar-refractivity contribution is -0.137. The molecule has 0 spiro atoms. The summed E-state index contributed by atoms with van der Waals surface area (Å²) in [6, 6.07) is 3.79. The Morgan fingerprint density at radius 1 is 1.11 bits per heavy atom. The maximum Gasteiger partial charge on any atom is 0.418 e. The number of nitrogens with zero attached hydrogens (tertiary/aromatic N) is 1. The molecule has 7 heteroatoms. The standard InChI is InChI=1S/C11H13BrF3NO2/c12-8-1-2-10(9(7-8)11(13,14)15)16(3-5-17)4-6-18/h1-2,7,17-18H,3-6H2. The Balaban J connectivity index is 3.20. The van der Waals surface area contributed by atoms with Gasteiger partial charge in [0.05, 0.1) is 18.8 Å². The lowest BCUT2D eigenvalue weighted by Gasteiger charge is -2.26. The Morgan fingerprint density at radius 3 is 2.11 bits per heavy atom. The van der Waals surface area contributed by atoms with Crippen LogP contribution >= 0.6 is 15.9 Å². The predicted octanol–water partition coefficient (Wildman–Crippen LogP) is 2.26. The van der Waals surface area contributed by atoms with E-state index in [9.17, 15) is 13.2 Å². The van der Waals surface area contributed by atoms with Crippen LogP contribution in [-0.4, -0.2) is 36.5 Å². The molecule has 0 fully saturated rings. The highest BCUT2D eigenvalue weighted by atomic mass is 79.9. The average Bonchev–Trinajstić information content (AvgIpc) is 2.27. The average molecular weight is 328 g/mol. The summed E-state index contributed by atoms with van der Waals surface area (Å²) in [5, 5.41) is 17.7. The maximum absolute atomic E-state index is 12.9. The fourth-order valence-corrected chi connectivity index (χ4v) is 1.97. The highest BCUT2D eigenvalue weighted by Crippen LogP contribution is 2.38. The SMILES string of the molecule is OCCN(CCO)c1ccc(Br)cc1C(F)(F)F. The zero-order valence-corrected chi connectivity index (χ0v) is 11.0. The van der Waals surface area contributed by atoms with E-state index < -0.39 is 11.7 Å². The molecule has 0 aromatic heterocycles. The third kappa shape index (κ3) is 3.86. The van der Waals surface area contributed by atoms with Crippen LogP contribution < -0.4 is 4.90 Å². The summed E-state index contributed by atoms with van der Waals surface area (Å²) in [5.74, 6) is 0. The number of hydrogen-bond acceptors (Lipinski definition) is 3. The summed E-state index contributed by atoms with van der Waals surface area (Å²) >= 11 is 3.00. The van der Waals surface area contributed by atoms with Crippen LogP contribution in [0.2, 0.25) is 0 Å². The second kappa shape index (κ2) is 6.40. The Morgan fingerprint density at radius 2 is 1.67 bits per heavy atom. The van der Waals surface area contributed by atoms with Crippen molar-refractivity contribution in [2.45, 2.75) is 6.18 Å². The largest absolute Gasteiger partial charge is 0.418 e. The van der Waals surface area contributed by atoms with E-state index >= 15 is 0 Å². The van der Waals surface area contributed by atoms with Crippen LogP contribution in [0, 0.1) is 0 Å². The lowest BCUT2D eigenvalue weighted by Crippen LogP contribution is -2.31. The molecule has 3 nitrogen and oxygen atoms in total. The molecule has 102 valence electrons. The van der Waals surface area contributed by atoms with E-state index in [0.717, 1.165) is 6.07 Å². The van der Waals surface area contributed by atoms with Crippen LogP contribution in [0.4, 0.5) is 18.9 Å². The van der Waals surface area contributed by atoms with E-state index in [-0.39, 0.29) is 32.0 Å².